The van der Waals surface area contributed by atoms with E-state index < -0.39 is 0 Å². The number of nitrogens with zero attached hydrogens (tertiary/aromatic N) is 1. The summed E-state index contributed by atoms with van der Waals surface area (Å²) < 4.78 is 14.8. The highest BCUT2D eigenvalue weighted by Gasteiger charge is 2.10. The molecule has 3 aromatic carbocycles. The van der Waals surface area contributed by atoms with Crippen LogP contribution in [0, 0.1) is 0 Å². The molecule has 1 aromatic heterocycles. The number of carbonyl (C=O) groups excluding carboxylic acids is 1. The predicted octanol–water partition coefficient (Wildman–Crippen LogP) is 6.08. The third kappa shape index (κ3) is 5.19. The SMILES string of the molecule is COc1ccc(NC(=O)Nc2ccc3sc(NSc4ccccc4)nc3c2)cc1OC. The number of fused-ring (bicyclic) bond motifs is 1. The Labute approximate surface area is 187 Å². The van der Waals surface area contributed by atoms with E-state index >= 15 is 0 Å². The van der Waals surface area contributed by atoms with E-state index in [0.717, 1.165) is 20.2 Å². The van der Waals surface area contributed by atoms with Gasteiger partial charge in [-0.25, -0.2) is 9.78 Å². The molecule has 31 heavy (non-hydrogen) atoms. The van der Waals surface area contributed by atoms with Crippen LogP contribution in [-0.2, 0) is 0 Å². The second-order valence-corrected chi connectivity index (χ2v) is 8.28. The lowest BCUT2D eigenvalue weighted by atomic mass is 10.2. The summed E-state index contributed by atoms with van der Waals surface area (Å²) in [6.45, 7) is 0. The number of nitrogens with one attached hydrogen (secondary N) is 3. The Morgan fingerprint density at radius 1 is 0.903 bits per heavy atom. The summed E-state index contributed by atoms with van der Waals surface area (Å²) in [5, 5.41) is 6.42. The number of anilines is 3. The lowest BCUT2D eigenvalue weighted by molar-refractivity contribution is 0.262. The third-order valence-corrected chi connectivity index (χ3v) is 6.17. The van der Waals surface area contributed by atoms with Crippen LogP contribution in [0.1, 0.15) is 0 Å². The topological polar surface area (TPSA) is 84.5 Å². The van der Waals surface area contributed by atoms with Crippen LogP contribution in [0.3, 0.4) is 0 Å². The second-order valence-electron chi connectivity index (χ2n) is 6.37. The van der Waals surface area contributed by atoms with Gasteiger partial charge in [-0.3, -0.25) is 0 Å². The van der Waals surface area contributed by atoms with Crippen LogP contribution in [0.2, 0.25) is 0 Å². The maximum atomic E-state index is 12.4. The van der Waals surface area contributed by atoms with Crippen LogP contribution in [0.4, 0.5) is 21.3 Å². The molecule has 3 N–H and O–H groups in total. The number of hydrogen-bond acceptors (Lipinski definition) is 7. The van der Waals surface area contributed by atoms with Crippen LogP contribution < -0.4 is 24.8 Å². The lowest BCUT2D eigenvalue weighted by Gasteiger charge is -2.11. The van der Waals surface area contributed by atoms with E-state index in [9.17, 15) is 4.79 Å². The van der Waals surface area contributed by atoms with E-state index in [-0.39, 0.29) is 6.03 Å². The fourth-order valence-corrected chi connectivity index (χ4v) is 4.38. The molecule has 0 aliphatic rings. The summed E-state index contributed by atoms with van der Waals surface area (Å²) >= 11 is 3.07. The minimum Gasteiger partial charge on any atom is -0.493 e. The average Bonchev–Trinajstić information content (AvgIpc) is 3.20. The highest BCUT2D eigenvalue weighted by Crippen LogP contribution is 2.32. The Morgan fingerprint density at radius 2 is 1.61 bits per heavy atom. The van der Waals surface area contributed by atoms with Gasteiger partial charge in [-0.15, -0.1) is 0 Å². The van der Waals surface area contributed by atoms with Crippen molar-refractivity contribution in [3.05, 3.63) is 66.7 Å². The first-order valence-corrected chi connectivity index (χ1v) is 11.0. The van der Waals surface area contributed by atoms with Crippen molar-refractivity contribution in [3.63, 3.8) is 0 Å². The van der Waals surface area contributed by atoms with Crippen molar-refractivity contribution in [1.29, 1.82) is 0 Å². The standard InChI is InChI=1S/C22H20N4O3S2/c1-28-18-10-8-15(13-19(18)29-2)24-21(27)23-14-9-11-20-17(12-14)25-22(30-20)26-31-16-6-4-3-5-7-16/h3-13H,1-2H3,(H,25,26)(H2,23,24,27). The molecule has 0 atom stereocenters. The summed E-state index contributed by atoms with van der Waals surface area (Å²) in [6.07, 6.45) is 0. The van der Waals surface area contributed by atoms with E-state index in [1.165, 1.54) is 11.9 Å². The molecule has 158 valence electrons. The molecule has 2 amide bonds. The maximum absolute atomic E-state index is 12.4. The fraction of sp³-hybridized carbons (Fsp3) is 0.0909. The summed E-state index contributed by atoms with van der Waals surface area (Å²) in [6, 6.07) is 20.5. The minimum absolute atomic E-state index is 0.361. The molecule has 0 saturated carbocycles. The normalized spacial score (nSPS) is 10.5. The fourth-order valence-electron chi connectivity index (χ4n) is 2.85. The zero-order chi connectivity index (χ0) is 21.6. The Balaban J connectivity index is 1.40. The molecular formula is C22H20N4O3S2. The molecule has 7 nitrogen and oxygen atoms in total. The largest absolute Gasteiger partial charge is 0.493 e. The molecular weight excluding hydrogens is 432 g/mol. The molecule has 0 aliphatic carbocycles. The number of urea groups is 1. The molecule has 9 heteroatoms. The Bertz CT molecular complexity index is 1200. The summed E-state index contributed by atoms with van der Waals surface area (Å²) in [5.74, 6) is 1.13. The van der Waals surface area contributed by atoms with Gasteiger partial charge in [-0.1, -0.05) is 29.5 Å². The zero-order valence-corrected chi connectivity index (χ0v) is 18.5. The smallest absolute Gasteiger partial charge is 0.323 e. The monoisotopic (exact) mass is 452 g/mol. The van der Waals surface area contributed by atoms with Crippen molar-refractivity contribution in [3.8, 4) is 11.5 Å². The van der Waals surface area contributed by atoms with Gasteiger partial charge in [0.15, 0.2) is 16.6 Å². The number of thiazole rings is 1. The summed E-state index contributed by atoms with van der Waals surface area (Å²) in [5.41, 5.74) is 2.05. The molecule has 0 spiro atoms. The van der Waals surface area contributed by atoms with Crippen LogP contribution in [0.15, 0.2) is 71.6 Å². The van der Waals surface area contributed by atoms with Crippen molar-refractivity contribution in [2.75, 3.05) is 29.6 Å². The van der Waals surface area contributed by atoms with Gasteiger partial charge in [-0.05, 0) is 54.4 Å². The molecule has 0 aliphatic heterocycles. The van der Waals surface area contributed by atoms with Crippen LogP contribution in [0.5, 0.6) is 11.5 Å². The summed E-state index contributed by atoms with van der Waals surface area (Å²) in [4.78, 5) is 18.1. The van der Waals surface area contributed by atoms with Gasteiger partial charge < -0.3 is 24.8 Å². The number of aromatic nitrogens is 1. The third-order valence-electron chi connectivity index (χ3n) is 4.29. The highest BCUT2D eigenvalue weighted by molar-refractivity contribution is 8.00. The van der Waals surface area contributed by atoms with E-state index in [1.807, 2.05) is 48.5 Å². The van der Waals surface area contributed by atoms with Crippen LogP contribution in [0.25, 0.3) is 10.2 Å². The van der Waals surface area contributed by atoms with Gasteiger partial charge in [0.2, 0.25) is 0 Å². The molecule has 0 radical (unpaired) electrons. The lowest BCUT2D eigenvalue weighted by Crippen LogP contribution is -2.19. The van der Waals surface area contributed by atoms with E-state index in [1.54, 1.807) is 43.8 Å². The minimum atomic E-state index is -0.361. The zero-order valence-electron chi connectivity index (χ0n) is 16.8. The van der Waals surface area contributed by atoms with E-state index in [4.69, 9.17) is 9.47 Å². The van der Waals surface area contributed by atoms with Crippen molar-refractivity contribution in [2.24, 2.45) is 0 Å². The van der Waals surface area contributed by atoms with Crippen LogP contribution in [-0.4, -0.2) is 25.2 Å². The first kappa shape index (κ1) is 20.8. The van der Waals surface area contributed by atoms with Crippen molar-refractivity contribution in [2.45, 2.75) is 4.90 Å². The number of methoxy groups -OCH3 is 2. The first-order chi connectivity index (χ1) is 15.1. The molecule has 0 fully saturated rings. The van der Waals surface area contributed by atoms with E-state index in [0.29, 0.717) is 22.9 Å². The molecule has 0 unspecified atom stereocenters. The first-order valence-electron chi connectivity index (χ1n) is 9.33. The quantitative estimate of drug-likeness (QED) is 0.295. The van der Waals surface area contributed by atoms with Gasteiger partial charge in [0, 0.05) is 22.3 Å². The van der Waals surface area contributed by atoms with Crippen molar-refractivity contribution in [1.82, 2.24) is 4.98 Å². The number of hydrogen-bond donors (Lipinski definition) is 3. The number of amides is 2. The van der Waals surface area contributed by atoms with E-state index in [2.05, 4.69) is 20.3 Å². The summed E-state index contributed by atoms with van der Waals surface area (Å²) in [7, 11) is 3.11. The molecule has 0 saturated heterocycles. The molecule has 1 heterocycles. The number of rotatable bonds is 7. The predicted molar refractivity (Wildman–Crippen MR) is 128 cm³/mol. The Kier molecular flexibility index (Phi) is 6.44. The van der Waals surface area contributed by atoms with Gasteiger partial charge in [0.25, 0.3) is 0 Å². The maximum Gasteiger partial charge on any atom is 0.323 e. The highest BCUT2D eigenvalue weighted by atomic mass is 32.2. The van der Waals surface area contributed by atoms with Gasteiger partial charge >= 0.3 is 6.03 Å². The second kappa shape index (κ2) is 9.59. The molecule has 4 rings (SSSR count). The van der Waals surface area contributed by atoms with Crippen molar-refractivity contribution >= 4 is 56.0 Å². The number of carbonyl (C=O) groups is 1. The average molecular weight is 453 g/mol. The molecule has 4 aromatic rings. The van der Waals surface area contributed by atoms with Crippen LogP contribution >= 0.6 is 23.3 Å². The Hall–Kier alpha value is -3.43. The number of ether oxygens (including phenoxy) is 2. The Morgan fingerprint density at radius 3 is 2.35 bits per heavy atom. The van der Waals surface area contributed by atoms with Gasteiger partial charge in [-0.2, -0.15) is 0 Å². The molecule has 0 bridgehead atoms. The number of benzene rings is 3. The van der Waals surface area contributed by atoms with Crippen molar-refractivity contribution < 1.29 is 14.3 Å². The van der Waals surface area contributed by atoms with Gasteiger partial charge in [0.05, 0.1) is 24.4 Å². The van der Waals surface area contributed by atoms with Gasteiger partial charge in [0.1, 0.15) is 0 Å².